The van der Waals surface area contributed by atoms with Crippen LogP contribution >= 0.6 is 11.8 Å². The molecule has 1 fully saturated rings. The third-order valence-electron chi connectivity index (χ3n) is 5.39. The van der Waals surface area contributed by atoms with Gasteiger partial charge in [0.25, 0.3) is 0 Å². The molecule has 0 unspecified atom stereocenters. The number of anilines is 1. The molecule has 2 aromatic carbocycles. The number of hydrogen-bond donors (Lipinski definition) is 1. The molecule has 32 heavy (non-hydrogen) atoms. The minimum Gasteiger partial charge on any atom is -0.497 e. The zero-order valence-corrected chi connectivity index (χ0v) is 19.0. The average Bonchev–Trinajstić information content (AvgIpc) is 3.47. The maximum atomic E-state index is 12.8. The summed E-state index contributed by atoms with van der Waals surface area (Å²) in [5, 5.41) is 3.52. The number of benzene rings is 2. The van der Waals surface area contributed by atoms with E-state index in [1.807, 2.05) is 33.7 Å². The van der Waals surface area contributed by atoms with E-state index in [2.05, 4.69) is 10.3 Å². The molecule has 1 saturated heterocycles. The van der Waals surface area contributed by atoms with Crippen LogP contribution in [0.15, 0.2) is 47.6 Å². The highest BCUT2D eigenvalue weighted by Gasteiger charge is 2.21. The van der Waals surface area contributed by atoms with Crippen LogP contribution in [0.4, 0.5) is 5.69 Å². The number of amides is 2. The lowest BCUT2D eigenvalue weighted by molar-refractivity contribution is -0.130. The van der Waals surface area contributed by atoms with Gasteiger partial charge in [0.05, 0.1) is 36.7 Å². The molecule has 168 valence electrons. The summed E-state index contributed by atoms with van der Waals surface area (Å²) in [4.78, 5) is 32.0. The number of fused-ring (bicyclic) bond motifs is 1. The molecule has 2 heterocycles. The molecule has 1 aromatic heterocycles. The molecule has 0 atom stereocenters. The first kappa shape index (κ1) is 22.0. The van der Waals surface area contributed by atoms with Crippen LogP contribution in [-0.4, -0.2) is 59.3 Å². The van der Waals surface area contributed by atoms with Crippen molar-refractivity contribution in [3.8, 4) is 11.5 Å². The van der Waals surface area contributed by atoms with Gasteiger partial charge in [-0.15, -0.1) is 0 Å². The van der Waals surface area contributed by atoms with Crippen molar-refractivity contribution in [3.05, 3.63) is 42.5 Å². The van der Waals surface area contributed by atoms with Crippen molar-refractivity contribution < 1.29 is 19.1 Å². The maximum Gasteiger partial charge on any atom is 0.242 e. The van der Waals surface area contributed by atoms with E-state index < -0.39 is 0 Å². The fraction of sp³-hybridized carbons (Fsp3) is 0.348. The van der Waals surface area contributed by atoms with Crippen LogP contribution in [0.3, 0.4) is 0 Å². The molecule has 3 aromatic rings. The molecule has 0 bridgehead atoms. The second-order valence-electron chi connectivity index (χ2n) is 7.46. The van der Waals surface area contributed by atoms with Crippen molar-refractivity contribution in [1.29, 1.82) is 0 Å². The van der Waals surface area contributed by atoms with Crippen LogP contribution in [0.2, 0.25) is 0 Å². The monoisotopic (exact) mass is 454 g/mol. The highest BCUT2D eigenvalue weighted by Crippen LogP contribution is 2.30. The van der Waals surface area contributed by atoms with Gasteiger partial charge in [0.1, 0.15) is 18.0 Å². The Balaban J connectivity index is 1.48. The standard InChI is InChI=1S/C23H26N4O4S/c1-30-16-9-10-18(20(13-16)31-2)24-21(28)15-32-23-25-17-7-3-4-8-19(17)27(23)14-22(29)26-11-5-6-12-26/h3-4,7-10,13H,5-6,11-12,14-15H2,1-2H3,(H,24,28). The predicted molar refractivity (Wildman–Crippen MR) is 124 cm³/mol. The number of methoxy groups -OCH3 is 2. The minimum absolute atomic E-state index is 0.0833. The predicted octanol–water partition coefficient (Wildman–Crippen LogP) is 3.41. The van der Waals surface area contributed by atoms with Crippen molar-refractivity contribution in [3.63, 3.8) is 0 Å². The number of imidazole rings is 1. The average molecular weight is 455 g/mol. The van der Waals surface area contributed by atoms with Gasteiger partial charge in [0.15, 0.2) is 5.16 Å². The van der Waals surface area contributed by atoms with Crippen LogP contribution in [0, 0.1) is 0 Å². The number of rotatable bonds is 8. The summed E-state index contributed by atoms with van der Waals surface area (Å²) in [5.74, 6) is 1.20. The van der Waals surface area contributed by atoms with Gasteiger partial charge in [-0.05, 0) is 37.1 Å². The first-order valence-electron chi connectivity index (χ1n) is 10.5. The van der Waals surface area contributed by atoms with E-state index in [0.29, 0.717) is 22.3 Å². The summed E-state index contributed by atoms with van der Waals surface area (Å²) in [7, 11) is 3.11. The first-order valence-corrected chi connectivity index (χ1v) is 11.5. The van der Waals surface area contributed by atoms with Crippen molar-refractivity contribution in [2.75, 3.05) is 38.4 Å². The second-order valence-corrected chi connectivity index (χ2v) is 8.40. The summed E-state index contributed by atoms with van der Waals surface area (Å²) in [6.07, 6.45) is 2.10. The summed E-state index contributed by atoms with van der Waals surface area (Å²) in [5.41, 5.74) is 2.26. The first-order chi connectivity index (χ1) is 15.6. The van der Waals surface area contributed by atoms with Gasteiger partial charge in [0, 0.05) is 19.2 Å². The van der Waals surface area contributed by atoms with Crippen molar-refractivity contribution >= 4 is 40.3 Å². The lowest BCUT2D eigenvalue weighted by Crippen LogP contribution is -2.31. The SMILES string of the molecule is COc1ccc(NC(=O)CSc2nc3ccccc3n2CC(=O)N2CCCC2)c(OC)c1. The Bertz CT molecular complexity index is 1120. The molecular weight excluding hydrogens is 428 g/mol. The van der Waals surface area contributed by atoms with Gasteiger partial charge >= 0.3 is 0 Å². The molecule has 2 amide bonds. The van der Waals surface area contributed by atoms with E-state index in [9.17, 15) is 9.59 Å². The largest absolute Gasteiger partial charge is 0.497 e. The normalized spacial score (nSPS) is 13.4. The number of nitrogens with zero attached hydrogens (tertiary/aromatic N) is 3. The lowest BCUT2D eigenvalue weighted by atomic mass is 10.2. The van der Waals surface area contributed by atoms with Crippen LogP contribution in [-0.2, 0) is 16.1 Å². The Hall–Kier alpha value is -3.20. The molecule has 8 nitrogen and oxygen atoms in total. The maximum absolute atomic E-state index is 12.8. The van der Waals surface area contributed by atoms with Crippen molar-refractivity contribution in [2.24, 2.45) is 0 Å². The molecule has 0 saturated carbocycles. The van der Waals surface area contributed by atoms with Crippen LogP contribution in [0.5, 0.6) is 11.5 Å². The van der Waals surface area contributed by atoms with E-state index in [4.69, 9.17) is 9.47 Å². The van der Waals surface area contributed by atoms with E-state index in [1.165, 1.54) is 11.8 Å². The van der Waals surface area contributed by atoms with Crippen LogP contribution < -0.4 is 14.8 Å². The number of nitrogens with one attached hydrogen (secondary N) is 1. The molecule has 0 aliphatic carbocycles. The summed E-state index contributed by atoms with van der Waals surface area (Å²) in [6.45, 7) is 1.83. The van der Waals surface area contributed by atoms with Gasteiger partial charge in [-0.25, -0.2) is 4.98 Å². The highest BCUT2D eigenvalue weighted by molar-refractivity contribution is 7.99. The van der Waals surface area contributed by atoms with Gasteiger partial charge in [-0.3, -0.25) is 9.59 Å². The van der Waals surface area contributed by atoms with Crippen LogP contribution in [0.25, 0.3) is 11.0 Å². The van der Waals surface area contributed by atoms with Crippen molar-refractivity contribution in [1.82, 2.24) is 14.5 Å². The van der Waals surface area contributed by atoms with Gasteiger partial charge < -0.3 is 24.3 Å². The Morgan fingerprint density at radius 2 is 1.88 bits per heavy atom. The van der Waals surface area contributed by atoms with Gasteiger partial charge in [0.2, 0.25) is 11.8 Å². The van der Waals surface area contributed by atoms with Crippen molar-refractivity contribution in [2.45, 2.75) is 24.5 Å². The third-order valence-corrected chi connectivity index (χ3v) is 6.36. The Labute approximate surface area is 190 Å². The van der Waals surface area contributed by atoms with E-state index in [0.717, 1.165) is 37.0 Å². The molecule has 9 heteroatoms. The van der Waals surface area contributed by atoms with E-state index >= 15 is 0 Å². The molecule has 1 aliphatic heterocycles. The zero-order valence-electron chi connectivity index (χ0n) is 18.2. The summed E-state index contributed by atoms with van der Waals surface area (Å²) < 4.78 is 12.4. The molecular formula is C23H26N4O4S. The molecule has 1 aliphatic rings. The molecule has 4 rings (SSSR count). The number of carbonyl (C=O) groups is 2. The summed E-state index contributed by atoms with van der Waals surface area (Å²) >= 11 is 1.31. The number of thioether (sulfide) groups is 1. The lowest BCUT2D eigenvalue weighted by Gasteiger charge is -2.17. The number of carbonyl (C=O) groups excluding carboxylic acids is 2. The number of aromatic nitrogens is 2. The topological polar surface area (TPSA) is 85.7 Å². The van der Waals surface area contributed by atoms with Gasteiger partial charge in [-0.2, -0.15) is 0 Å². The molecule has 0 spiro atoms. The molecule has 1 N–H and O–H groups in total. The molecule has 0 radical (unpaired) electrons. The van der Waals surface area contributed by atoms with E-state index in [-0.39, 0.29) is 24.1 Å². The minimum atomic E-state index is -0.192. The number of hydrogen-bond acceptors (Lipinski definition) is 6. The van der Waals surface area contributed by atoms with Gasteiger partial charge in [-0.1, -0.05) is 23.9 Å². The Morgan fingerprint density at radius 1 is 1.09 bits per heavy atom. The Morgan fingerprint density at radius 3 is 2.62 bits per heavy atom. The number of ether oxygens (including phenoxy) is 2. The zero-order chi connectivity index (χ0) is 22.5. The number of para-hydroxylation sites is 2. The quantitative estimate of drug-likeness (QED) is 0.525. The smallest absolute Gasteiger partial charge is 0.242 e. The fourth-order valence-corrected chi connectivity index (χ4v) is 4.55. The highest BCUT2D eigenvalue weighted by atomic mass is 32.2. The van der Waals surface area contributed by atoms with E-state index in [1.54, 1.807) is 32.4 Å². The number of likely N-dealkylation sites (tertiary alicyclic amines) is 1. The third kappa shape index (κ3) is 4.83. The fourth-order valence-electron chi connectivity index (χ4n) is 3.74. The van der Waals surface area contributed by atoms with Crippen LogP contribution in [0.1, 0.15) is 12.8 Å². The summed E-state index contributed by atoms with van der Waals surface area (Å²) in [6, 6.07) is 12.9. The Kier molecular flexibility index (Phi) is 6.84. The second kappa shape index (κ2) is 9.95.